The maximum atomic E-state index is 5.43. The number of allylic oxidation sites excluding steroid dienone is 16. The fraction of sp³-hybridized carbons (Fsp3) is 0.263. The van der Waals surface area contributed by atoms with Crippen molar-refractivity contribution in [1.82, 2.24) is 9.97 Å². The topological polar surface area (TPSA) is 32.3 Å². The highest BCUT2D eigenvalue weighted by molar-refractivity contribution is 8.00. The van der Waals surface area contributed by atoms with Crippen LogP contribution in [0.5, 0.6) is 0 Å². The predicted octanol–water partition coefficient (Wildman–Crippen LogP) is 14.2. The first-order valence-corrected chi connectivity index (χ1v) is 23.8. The van der Waals surface area contributed by atoms with Crippen LogP contribution in [0, 0.1) is 11.3 Å². The van der Waals surface area contributed by atoms with Gasteiger partial charge in [-0.25, -0.2) is 9.97 Å². The lowest BCUT2D eigenvalue weighted by molar-refractivity contribution is 0.337. The SMILES string of the molecule is C1=CCC2C(=C1)N(c1nc(-c3ccccc3)cc(C3C=CCCC=C3)n1)CC21CC=CC=C1c1ccc2c(c1)CC/C=C\C=C/CN2C1=CCC2Sc3ccccc3C2=C1.CC. The molecule has 0 radical (unpaired) electrons. The second-order valence-electron chi connectivity index (χ2n) is 17.0. The van der Waals surface area contributed by atoms with Crippen molar-refractivity contribution < 1.29 is 0 Å². The zero-order valence-electron chi connectivity index (χ0n) is 36.0. The van der Waals surface area contributed by atoms with Crippen molar-refractivity contribution in [3.05, 3.63) is 210 Å². The first kappa shape index (κ1) is 40.2. The summed E-state index contributed by atoms with van der Waals surface area (Å²) < 4.78 is 0. The zero-order valence-corrected chi connectivity index (χ0v) is 36.9. The molecule has 0 saturated carbocycles. The fourth-order valence-electron chi connectivity index (χ4n) is 10.5. The fourth-order valence-corrected chi connectivity index (χ4v) is 11.8. The number of benzene rings is 3. The van der Waals surface area contributed by atoms with E-state index in [-0.39, 0.29) is 11.3 Å². The molecule has 1 fully saturated rings. The third-order valence-corrected chi connectivity index (χ3v) is 14.8. The summed E-state index contributed by atoms with van der Waals surface area (Å²) in [7, 11) is 0. The Morgan fingerprint density at radius 2 is 1.53 bits per heavy atom. The molecule has 62 heavy (non-hydrogen) atoms. The van der Waals surface area contributed by atoms with Crippen LogP contribution in [0.1, 0.15) is 80.7 Å². The molecule has 3 unspecified atom stereocenters. The van der Waals surface area contributed by atoms with Crippen LogP contribution in [0.3, 0.4) is 0 Å². The summed E-state index contributed by atoms with van der Waals surface area (Å²) in [4.78, 5) is 17.3. The van der Waals surface area contributed by atoms with Crippen molar-refractivity contribution in [2.75, 3.05) is 22.9 Å². The second kappa shape index (κ2) is 17.8. The molecular formula is C57H56N4S. The van der Waals surface area contributed by atoms with Gasteiger partial charge in [-0.2, -0.15) is 0 Å². The molecule has 4 heterocycles. The quantitative estimate of drug-likeness (QED) is 0.187. The molecule has 1 aromatic heterocycles. The Kier molecular flexibility index (Phi) is 11.6. The average molecular weight is 829 g/mol. The number of anilines is 2. The highest BCUT2D eigenvalue weighted by Gasteiger charge is 2.52. The molecule has 7 aliphatic rings. The van der Waals surface area contributed by atoms with Crippen LogP contribution in [-0.2, 0) is 6.42 Å². The van der Waals surface area contributed by atoms with Gasteiger partial charge in [0.15, 0.2) is 0 Å². The summed E-state index contributed by atoms with van der Waals surface area (Å²) in [5.74, 6) is 1.23. The molecule has 3 aromatic carbocycles. The lowest BCUT2D eigenvalue weighted by Crippen LogP contribution is -2.33. The molecule has 11 rings (SSSR count). The standard InChI is InChI=1S/C55H50N4S.C2H6/c1-2-9-23-42-35-41(29-31-50(42)58(34-18-5-1)43-30-32-53-45(36-43)44-24-12-15-28-52(44)60-53)46-25-16-17-33-55(46)38-59(51-27-14-13-26-47(51)55)54-56-48(39-19-7-3-4-8-20-39)37-49(57-54)40-21-10-6-11-22-40;1-2/h1-2,5-8,10-22,24-25,27-31,35-37,39,47,53H,3-4,9,23,26,32-34,38H2;1-2H3/b2-1-,18-5-;. The molecule has 3 atom stereocenters. The van der Waals surface area contributed by atoms with Crippen LogP contribution in [0.2, 0.25) is 0 Å². The van der Waals surface area contributed by atoms with E-state index in [4.69, 9.17) is 9.97 Å². The van der Waals surface area contributed by atoms with Gasteiger partial charge in [0.05, 0.1) is 11.4 Å². The highest BCUT2D eigenvalue weighted by atomic mass is 32.2. The van der Waals surface area contributed by atoms with Gasteiger partial charge < -0.3 is 9.80 Å². The van der Waals surface area contributed by atoms with E-state index in [1.54, 1.807) is 0 Å². The van der Waals surface area contributed by atoms with Crippen molar-refractivity contribution in [3.8, 4) is 11.3 Å². The summed E-state index contributed by atoms with van der Waals surface area (Å²) in [6.45, 7) is 5.66. The lowest BCUT2D eigenvalue weighted by atomic mass is 9.63. The minimum atomic E-state index is -0.134. The Morgan fingerprint density at radius 1 is 0.710 bits per heavy atom. The number of aryl methyl sites for hydroxylation is 1. The van der Waals surface area contributed by atoms with Gasteiger partial charge in [0.2, 0.25) is 5.95 Å². The molecule has 4 nitrogen and oxygen atoms in total. The van der Waals surface area contributed by atoms with Crippen LogP contribution in [0.25, 0.3) is 22.4 Å². The Morgan fingerprint density at radius 3 is 2.42 bits per heavy atom. The summed E-state index contributed by atoms with van der Waals surface area (Å²) in [5, 5.41) is 0.498. The second-order valence-corrected chi connectivity index (χ2v) is 18.2. The van der Waals surface area contributed by atoms with Gasteiger partial charge in [-0.1, -0.05) is 154 Å². The molecule has 0 bridgehead atoms. The molecule has 1 spiro atoms. The number of fused-ring (bicyclic) bond motifs is 6. The summed E-state index contributed by atoms with van der Waals surface area (Å²) in [6.07, 6.45) is 44.5. The first-order valence-electron chi connectivity index (χ1n) is 22.9. The number of thioether (sulfide) groups is 1. The monoisotopic (exact) mass is 828 g/mol. The molecule has 4 aromatic rings. The Hall–Kier alpha value is -5.91. The van der Waals surface area contributed by atoms with Gasteiger partial charge in [0.1, 0.15) is 0 Å². The van der Waals surface area contributed by atoms with Crippen molar-refractivity contribution >= 4 is 34.5 Å². The van der Waals surface area contributed by atoms with Crippen molar-refractivity contribution in [1.29, 1.82) is 0 Å². The van der Waals surface area contributed by atoms with E-state index in [0.717, 1.165) is 80.9 Å². The maximum absolute atomic E-state index is 5.43. The molecular weight excluding hydrogens is 773 g/mol. The smallest absolute Gasteiger partial charge is 0.230 e. The zero-order chi connectivity index (χ0) is 41.9. The minimum absolute atomic E-state index is 0.120. The first-order chi connectivity index (χ1) is 30.7. The normalized spacial score (nSPS) is 24.6. The van der Waals surface area contributed by atoms with Gasteiger partial charge in [-0.3, -0.25) is 0 Å². The number of rotatable bonds is 5. The average Bonchev–Trinajstić information content (AvgIpc) is 3.72. The third-order valence-electron chi connectivity index (χ3n) is 13.4. The van der Waals surface area contributed by atoms with Gasteiger partial charge in [-0.15, -0.1) is 11.8 Å². The number of hydrogen-bond acceptors (Lipinski definition) is 5. The van der Waals surface area contributed by atoms with E-state index >= 15 is 0 Å². The highest BCUT2D eigenvalue weighted by Crippen LogP contribution is 2.58. The van der Waals surface area contributed by atoms with E-state index in [2.05, 4.69) is 186 Å². The molecule has 5 heteroatoms. The van der Waals surface area contributed by atoms with Crippen LogP contribution in [0.4, 0.5) is 11.6 Å². The lowest BCUT2D eigenvalue weighted by Gasteiger charge is -2.39. The van der Waals surface area contributed by atoms with Gasteiger partial charge in [0, 0.05) is 63.1 Å². The molecule has 310 valence electrons. The summed E-state index contributed by atoms with van der Waals surface area (Å²) in [5.41, 5.74) is 14.0. The molecule has 4 aliphatic carbocycles. The largest absolute Gasteiger partial charge is 0.338 e. The van der Waals surface area contributed by atoms with E-state index in [1.165, 1.54) is 49.8 Å². The van der Waals surface area contributed by atoms with Crippen molar-refractivity contribution in [2.45, 2.75) is 74.9 Å². The maximum Gasteiger partial charge on any atom is 0.230 e. The van der Waals surface area contributed by atoms with Crippen LogP contribution >= 0.6 is 11.8 Å². The Bertz CT molecular complexity index is 2640. The minimum Gasteiger partial charge on any atom is -0.338 e. The third kappa shape index (κ3) is 7.55. The van der Waals surface area contributed by atoms with E-state index in [1.807, 2.05) is 25.6 Å². The molecule has 0 amide bonds. The van der Waals surface area contributed by atoms with Crippen LogP contribution < -0.4 is 9.80 Å². The summed E-state index contributed by atoms with van der Waals surface area (Å²) in [6, 6.07) is 29.1. The predicted molar refractivity (Wildman–Crippen MR) is 263 cm³/mol. The summed E-state index contributed by atoms with van der Waals surface area (Å²) >= 11 is 2.02. The number of nitrogens with zero attached hydrogens (tertiary/aromatic N) is 4. The number of hydrogen-bond donors (Lipinski definition) is 0. The van der Waals surface area contributed by atoms with Gasteiger partial charge in [-0.05, 0) is 109 Å². The van der Waals surface area contributed by atoms with Gasteiger partial charge in [0.25, 0.3) is 0 Å². The molecule has 1 saturated heterocycles. The Balaban J connectivity index is 0.00000226. The van der Waals surface area contributed by atoms with E-state index in [9.17, 15) is 0 Å². The van der Waals surface area contributed by atoms with Crippen molar-refractivity contribution in [2.24, 2.45) is 11.3 Å². The van der Waals surface area contributed by atoms with E-state index in [0.29, 0.717) is 11.2 Å². The molecule has 3 aliphatic heterocycles. The van der Waals surface area contributed by atoms with Crippen molar-refractivity contribution in [3.63, 3.8) is 0 Å². The Labute approximate surface area is 373 Å². The van der Waals surface area contributed by atoms with Crippen LogP contribution in [0.15, 0.2) is 192 Å². The number of aromatic nitrogens is 2. The molecule has 0 N–H and O–H groups in total. The van der Waals surface area contributed by atoms with Crippen LogP contribution in [-0.4, -0.2) is 28.3 Å². The van der Waals surface area contributed by atoms with Gasteiger partial charge >= 0.3 is 0 Å². The van der Waals surface area contributed by atoms with E-state index < -0.39 is 0 Å².